The maximum Gasteiger partial charge on any atom is 0.297 e. The van der Waals surface area contributed by atoms with Gasteiger partial charge in [0, 0.05) is 35.6 Å². The summed E-state index contributed by atoms with van der Waals surface area (Å²) in [5.74, 6) is -4.33. The lowest BCUT2D eigenvalue weighted by molar-refractivity contribution is -0.255. The van der Waals surface area contributed by atoms with Gasteiger partial charge >= 0.3 is 0 Å². The predicted octanol–water partition coefficient (Wildman–Crippen LogP) is 2.10. The maximum absolute atomic E-state index is 14.1. The van der Waals surface area contributed by atoms with Crippen LogP contribution >= 0.6 is 22.9 Å². The monoisotopic (exact) mass is 402 g/mol. The average molecular weight is 403 g/mol. The predicted molar refractivity (Wildman–Crippen MR) is 88.3 cm³/mol. The number of ether oxygens (including phenoxy) is 1. The van der Waals surface area contributed by atoms with Crippen LogP contribution in [0.2, 0.25) is 4.34 Å². The highest BCUT2D eigenvalue weighted by atomic mass is 35.5. The van der Waals surface area contributed by atoms with Gasteiger partial charge in [0.2, 0.25) is 0 Å². The number of nitrogens with zero attached hydrogens (tertiary/aromatic N) is 2. The molecule has 0 atom stereocenters. The number of nitrogens with one attached hydrogen (secondary N) is 1. The van der Waals surface area contributed by atoms with Crippen molar-refractivity contribution >= 4 is 28.9 Å². The van der Waals surface area contributed by atoms with Gasteiger partial charge in [-0.05, 0) is 18.9 Å². The molecular formula is C16H15ClF2N3O3S-. The van der Waals surface area contributed by atoms with E-state index in [9.17, 15) is 18.7 Å². The van der Waals surface area contributed by atoms with E-state index in [4.69, 9.17) is 16.3 Å². The van der Waals surface area contributed by atoms with Crippen LogP contribution in [0.4, 0.5) is 8.78 Å². The first-order valence-electron chi connectivity index (χ1n) is 8.09. The largest absolute Gasteiger partial charge is 0.543 e. The number of carboxylic acids is 1. The van der Waals surface area contributed by atoms with Gasteiger partial charge in [-0.25, -0.2) is 0 Å². The zero-order chi connectivity index (χ0) is 18.5. The number of aromatic amines is 1. The summed E-state index contributed by atoms with van der Waals surface area (Å²) in [6, 6.07) is 1.34. The summed E-state index contributed by atoms with van der Waals surface area (Å²) in [6.45, 7) is 0.907. The molecule has 0 saturated carbocycles. The molecule has 2 aromatic heterocycles. The van der Waals surface area contributed by atoms with Gasteiger partial charge in [0.1, 0.15) is 12.2 Å². The van der Waals surface area contributed by atoms with Crippen molar-refractivity contribution in [3.63, 3.8) is 0 Å². The van der Waals surface area contributed by atoms with Gasteiger partial charge in [-0.1, -0.05) is 11.6 Å². The van der Waals surface area contributed by atoms with Crippen molar-refractivity contribution < 1.29 is 23.4 Å². The van der Waals surface area contributed by atoms with Gasteiger partial charge in [-0.2, -0.15) is 13.9 Å². The number of alkyl halides is 2. The molecule has 0 radical (unpaired) electrons. The quantitative estimate of drug-likeness (QED) is 0.850. The van der Waals surface area contributed by atoms with Crippen molar-refractivity contribution in [3.05, 3.63) is 38.3 Å². The first-order chi connectivity index (χ1) is 12.3. The number of halogens is 3. The Labute approximate surface area is 156 Å². The van der Waals surface area contributed by atoms with Gasteiger partial charge in [0.05, 0.1) is 22.2 Å². The molecule has 1 fully saturated rings. The Hall–Kier alpha value is -1.55. The summed E-state index contributed by atoms with van der Waals surface area (Å²) >= 11 is 7.15. The molecule has 2 aliphatic rings. The van der Waals surface area contributed by atoms with Crippen LogP contribution in [0.15, 0.2) is 12.3 Å². The fourth-order valence-corrected chi connectivity index (χ4v) is 5.12. The van der Waals surface area contributed by atoms with Crippen LogP contribution in [0.5, 0.6) is 0 Å². The van der Waals surface area contributed by atoms with E-state index in [2.05, 4.69) is 10.2 Å². The van der Waals surface area contributed by atoms with E-state index >= 15 is 0 Å². The fraction of sp³-hybridized carbons (Fsp3) is 0.500. The molecule has 26 heavy (non-hydrogen) atoms. The molecule has 1 spiro atoms. The van der Waals surface area contributed by atoms with E-state index in [0.717, 1.165) is 11.3 Å². The van der Waals surface area contributed by atoms with Crippen LogP contribution in [0, 0.1) is 0 Å². The molecule has 2 aliphatic heterocycles. The van der Waals surface area contributed by atoms with E-state index in [0.29, 0.717) is 47.3 Å². The van der Waals surface area contributed by atoms with Crippen LogP contribution in [0.3, 0.4) is 0 Å². The molecule has 1 saturated heterocycles. The highest BCUT2D eigenvalue weighted by Gasteiger charge is 2.51. The SMILES string of the molecule is O=C([O-])c1[nH]ncc1CN1CCC2(CC1)OCC(F)(F)c1cc(Cl)sc12. The summed E-state index contributed by atoms with van der Waals surface area (Å²) in [5, 5.41) is 17.2. The minimum Gasteiger partial charge on any atom is -0.543 e. The van der Waals surface area contributed by atoms with Crippen molar-refractivity contribution in [2.75, 3.05) is 19.7 Å². The summed E-state index contributed by atoms with van der Waals surface area (Å²) in [7, 11) is 0. The Balaban J connectivity index is 1.51. The first-order valence-corrected chi connectivity index (χ1v) is 9.28. The van der Waals surface area contributed by atoms with Crippen LogP contribution < -0.4 is 5.11 Å². The number of thiophene rings is 1. The highest BCUT2D eigenvalue weighted by Crippen LogP contribution is 2.52. The second-order valence-corrected chi connectivity index (χ2v) is 8.30. The summed E-state index contributed by atoms with van der Waals surface area (Å²) < 4.78 is 34.3. The van der Waals surface area contributed by atoms with E-state index in [-0.39, 0.29) is 11.3 Å². The number of carbonyl (C=O) groups is 1. The number of hydrogen-bond donors (Lipinski definition) is 1. The Kier molecular flexibility index (Phi) is 4.30. The Bertz CT molecular complexity index is 846. The van der Waals surface area contributed by atoms with Gasteiger partial charge in [0.15, 0.2) is 0 Å². The van der Waals surface area contributed by atoms with E-state index in [1.807, 2.05) is 4.90 Å². The number of rotatable bonds is 3. The molecule has 4 heterocycles. The van der Waals surface area contributed by atoms with Crippen molar-refractivity contribution in [2.45, 2.75) is 30.9 Å². The Morgan fingerprint density at radius 1 is 1.46 bits per heavy atom. The van der Waals surface area contributed by atoms with Gasteiger partial charge in [-0.3, -0.25) is 10.00 Å². The third-order valence-corrected chi connectivity index (χ3v) is 6.47. The van der Waals surface area contributed by atoms with Crippen LogP contribution in [-0.4, -0.2) is 40.8 Å². The lowest BCUT2D eigenvalue weighted by Gasteiger charge is -2.45. The molecular weight excluding hydrogens is 388 g/mol. The van der Waals surface area contributed by atoms with E-state index in [1.165, 1.54) is 12.3 Å². The highest BCUT2D eigenvalue weighted by molar-refractivity contribution is 7.16. The Morgan fingerprint density at radius 2 is 2.19 bits per heavy atom. The number of H-pyrrole nitrogens is 1. The van der Waals surface area contributed by atoms with Gasteiger partial charge in [-0.15, -0.1) is 11.3 Å². The molecule has 1 N–H and O–H groups in total. The minimum atomic E-state index is -3.03. The number of piperidine rings is 1. The van der Waals surface area contributed by atoms with Crippen molar-refractivity contribution in [1.82, 2.24) is 15.1 Å². The standard InChI is InChI=1S/C16H16ClF2N3O3S/c17-11-5-10-13(26-11)15(25-8-16(10,18)19)1-3-22(4-2-15)7-9-6-20-21-12(9)14(23)24/h5-6H,1-4,7-8H2,(H,20,21)(H,23,24)/p-1. The average Bonchev–Trinajstić information content (AvgIpc) is 3.21. The second kappa shape index (κ2) is 6.26. The molecule has 0 aromatic carbocycles. The third-order valence-electron chi connectivity index (χ3n) is 5.02. The normalized spacial score (nSPS) is 21.7. The van der Waals surface area contributed by atoms with Gasteiger partial charge < -0.3 is 14.6 Å². The minimum absolute atomic E-state index is 0.0266. The van der Waals surface area contributed by atoms with Gasteiger partial charge in [0.25, 0.3) is 5.92 Å². The lowest BCUT2D eigenvalue weighted by atomic mass is 9.84. The van der Waals surface area contributed by atoms with Crippen LogP contribution in [-0.2, 0) is 22.8 Å². The third kappa shape index (κ3) is 2.92. The van der Waals surface area contributed by atoms with E-state index in [1.54, 1.807) is 0 Å². The number of carbonyl (C=O) groups excluding carboxylic acids is 1. The number of likely N-dealkylation sites (tertiary alicyclic amines) is 1. The summed E-state index contributed by atoms with van der Waals surface area (Å²) in [6.07, 6.45) is 2.53. The maximum atomic E-state index is 14.1. The number of carboxylic acid groups (broad SMARTS) is 1. The number of hydrogen-bond acceptors (Lipinski definition) is 6. The molecule has 4 rings (SSSR count). The first kappa shape index (κ1) is 17.8. The van der Waals surface area contributed by atoms with Crippen LogP contribution in [0.25, 0.3) is 0 Å². The molecule has 10 heteroatoms. The Morgan fingerprint density at radius 3 is 2.88 bits per heavy atom. The van der Waals surface area contributed by atoms with Crippen molar-refractivity contribution in [2.24, 2.45) is 0 Å². The zero-order valence-electron chi connectivity index (χ0n) is 13.6. The molecule has 0 aliphatic carbocycles. The topological polar surface area (TPSA) is 81.3 Å². The summed E-state index contributed by atoms with van der Waals surface area (Å²) in [5.41, 5.74) is -0.275. The number of fused-ring (bicyclic) bond motifs is 2. The molecule has 6 nitrogen and oxygen atoms in total. The molecule has 0 unspecified atom stereocenters. The molecule has 0 amide bonds. The van der Waals surface area contributed by atoms with Crippen molar-refractivity contribution in [1.29, 1.82) is 0 Å². The molecule has 2 aromatic rings. The number of aromatic carboxylic acids is 1. The summed E-state index contributed by atoms with van der Waals surface area (Å²) in [4.78, 5) is 13.6. The zero-order valence-corrected chi connectivity index (χ0v) is 15.1. The molecule has 140 valence electrons. The van der Waals surface area contributed by atoms with E-state index < -0.39 is 24.1 Å². The lowest BCUT2D eigenvalue weighted by Crippen LogP contribution is -2.48. The fourth-order valence-electron chi connectivity index (χ4n) is 3.64. The second-order valence-electron chi connectivity index (χ2n) is 6.61. The number of aromatic nitrogens is 2. The molecule has 0 bridgehead atoms. The van der Waals surface area contributed by atoms with Crippen LogP contribution in [0.1, 0.15) is 39.3 Å². The smallest absolute Gasteiger partial charge is 0.297 e. The van der Waals surface area contributed by atoms with Crippen molar-refractivity contribution in [3.8, 4) is 0 Å².